The number of carbonyl (C=O) groups is 3. The van der Waals surface area contributed by atoms with Gasteiger partial charge in [0.05, 0.1) is 29.5 Å². The van der Waals surface area contributed by atoms with Crippen LogP contribution < -0.4 is 0 Å². The van der Waals surface area contributed by atoms with Crippen molar-refractivity contribution in [3.05, 3.63) is 65.9 Å². The van der Waals surface area contributed by atoms with Crippen molar-refractivity contribution in [2.24, 2.45) is 5.92 Å². The van der Waals surface area contributed by atoms with Gasteiger partial charge in [-0.25, -0.2) is 26.9 Å². The Bertz CT molecular complexity index is 1500. The van der Waals surface area contributed by atoms with E-state index in [0.717, 1.165) is 16.6 Å². The average molecular weight is 543 g/mol. The lowest BCUT2D eigenvalue weighted by Crippen LogP contribution is -2.46. The number of ether oxygens (including phenoxy) is 2. The fraction of sp³-hybridized carbons (Fsp3) is 0.370. The smallest absolute Gasteiger partial charge is 0.417 e. The number of esters is 1. The first-order valence-electron chi connectivity index (χ1n) is 12.0. The van der Waals surface area contributed by atoms with Crippen molar-refractivity contribution >= 4 is 38.9 Å². The number of fused-ring (bicyclic) bond motifs is 1. The number of para-hydroxylation sites is 1. The SMILES string of the molecule is COC(=O)[C@@H]1CC(C(O)c2cn(S(=O)(=O)c3ccc(C)cc3)c3ccccc23)C(=O)N1C(=O)OC(C)(C)C. The maximum Gasteiger partial charge on any atom is 0.417 e. The number of hydrogen-bond donors (Lipinski definition) is 1. The van der Waals surface area contributed by atoms with E-state index in [1.807, 2.05) is 6.92 Å². The second-order valence-corrected chi connectivity index (χ2v) is 12.0. The zero-order chi connectivity index (χ0) is 28.0. The van der Waals surface area contributed by atoms with Gasteiger partial charge in [-0.15, -0.1) is 0 Å². The van der Waals surface area contributed by atoms with Crippen LogP contribution in [0.2, 0.25) is 0 Å². The number of methoxy groups -OCH3 is 1. The van der Waals surface area contributed by atoms with Crippen molar-refractivity contribution in [2.45, 2.75) is 56.8 Å². The molecular formula is C27H30N2O8S. The molecule has 11 heteroatoms. The van der Waals surface area contributed by atoms with Crippen LogP contribution in [0, 0.1) is 12.8 Å². The van der Waals surface area contributed by atoms with E-state index < -0.39 is 51.7 Å². The predicted molar refractivity (Wildman–Crippen MR) is 138 cm³/mol. The molecule has 3 atom stereocenters. The summed E-state index contributed by atoms with van der Waals surface area (Å²) in [5.74, 6) is -2.88. The fourth-order valence-electron chi connectivity index (χ4n) is 4.56. The number of aliphatic hydroxyl groups excluding tert-OH is 1. The lowest BCUT2D eigenvalue weighted by atomic mass is 9.92. The van der Waals surface area contributed by atoms with Gasteiger partial charge in [0.2, 0.25) is 5.91 Å². The van der Waals surface area contributed by atoms with Gasteiger partial charge in [-0.1, -0.05) is 35.9 Å². The molecule has 2 unspecified atom stereocenters. The normalized spacial score (nSPS) is 19.0. The topological polar surface area (TPSA) is 132 Å². The van der Waals surface area contributed by atoms with Crippen LogP contribution in [0.15, 0.2) is 59.6 Å². The number of amides is 2. The number of aromatic nitrogens is 1. The van der Waals surface area contributed by atoms with Gasteiger partial charge in [0, 0.05) is 17.1 Å². The number of nitrogens with zero attached hydrogens (tertiary/aromatic N) is 2. The van der Waals surface area contributed by atoms with E-state index in [1.165, 1.54) is 18.3 Å². The number of imide groups is 1. The summed E-state index contributed by atoms with van der Waals surface area (Å²) in [6.07, 6.45) is -1.50. The molecule has 1 aliphatic heterocycles. The first-order chi connectivity index (χ1) is 17.8. The molecule has 38 heavy (non-hydrogen) atoms. The molecule has 1 N–H and O–H groups in total. The van der Waals surface area contributed by atoms with Gasteiger partial charge >= 0.3 is 12.1 Å². The molecule has 1 saturated heterocycles. The number of hydrogen-bond acceptors (Lipinski definition) is 8. The summed E-state index contributed by atoms with van der Waals surface area (Å²) in [5, 5.41) is 11.8. The summed E-state index contributed by atoms with van der Waals surface area (Å²) < 4.78 is 38.2. The van der Waals surface area contributed by atoms with E-state index in [9.17, 15) is 27.9 Å². The highest BCUT2D eigenvalue weighted by atomic mass is 32.2. The molecule has 2 aromatic carbocycles. The molecule has 0 radical (unpaired) electrons. The van der Waals surface area contributed by atoms with Crippen LogP contribution in [0.3, 0.4) is 0 Å². The number of likely N-dealkylation sites (tertiary alicyclic amines) is 1. The number of rotatable bonds is 5. The zero-order valence-electron chi connectivity index (χ0n) is 21.7. The van der Waals surface area contributed by atoms with Crippen molar-refractivity contribution in [1.29, 1.82) is 0 Å². The minimum atomic E-state index is -4.04. The van der Waals surface area contributed by atoms with Gasteiger partial charge in [0.1, 0.15) is 11.6 Å². The van der Waals surface area contributed by atoms with Crippen LogP contribution in [0.4, 0.5) is 4.79 Å². The predicted octanol–water partition coefficient (Wildman–Crippen LogP) is 3.55. The first-order valence-corrected chi connectivity index (χ1v) is 13.4. The van der Waals surface area contributed by atoms with E-state index in [0.29, 0.717) is 15.8 Å². The Morgan fingerprint density at radius 3 is 2.32 bits per heavy atom. The molecule has 4 rings (SSSR count). The average Bonchev–Trinajstić information content (AvgIpc) is 3.41. The van der Waals surface area contributed by atoms with Gasteiger partial charge in [-0.2, -0.15) is 0 Å². The van der Waals surface area contributed by atoms with Crippen molar-refractivity contribution < 1.29 is 37.4 Å². The second kappa shape index (κ2) is 9.88. The molecule has 0 spiro atoms. The molecule has 1 fully saturated rings. The van der Waals surface area contributed by atoms with Crippen molar-refractivity contribution in [3.8, 4) is 0 Å². The lowest BCUT2D eigenvalue weighted by molar-refractivity contribution is -0.149. The van der Waals surface area contributed by atoms with Crippen LogP contribution in [0.25, 0.3) is 10.9 Å². The molecule has 1 aliphatic rings. The molecule has 202 valence electrons. The van der Waals surface area contributed by atoms with Crippen LogP contribution in [-0.2, 0) is 29.1 Å². The lowest BCUT2D eigenvalue weighted by Gasteiger charge is -2.26. The largest absolute Gasteiger partial charge is 0.467 e. The zero-order valence-corrected chi connectivity index (χ0v) is 22.6. The summed E-state index contributed by atoms with van der Waals surface area (Å²) in [5.41, 5.74) is 0.434. The molecule has 0 aliphatic carbocycles. The highest BCUT2D eigenvalue weighted by Gasteiger charge is 2.51. The molecule has 2 heterocycles. The Hall–Kier alpha value is -3.70. The standard InChI is InChI=1S/C27H30N2O8S/c1-16-10-12-17(13-11-16)38(34,35)28-15-20(18-8-6-7-9-21(18)28)23(30)19-14-22(25(32)36-5)29(24(19)31)26(33)37-27(2,3)4/h6-13,15,19,22-23,30H,14H2,1-5H3/t19?,22-,23?/m0/s1. The number of benzene rings is 2. The Morgan fingerprint density at radius 2 is 1.71 bits per heavy atom. The molecule has 2 amide bonds. The molecular weight excluding hydrogens is 512 g/mol. The Morgan fingerprint density at radius 1 is 1.08 bits per heavy atom. The highest BCUT2D eigenvalue weighted by molar-refractivity contribution is 7.90. The van der Waals surface area contributed by atoms with Gasteiger partial charge in [-0.3, -0.25) is 4.79 Å². The molecule has 1 aromatic heterocycles. The maximum atomic E-state index is 13.5. The van der Waals surface area contributed by atoms with E-state index in [-0.39, 0.29) is 16.9 Å². The number of aryl methyl sites for hydroxylation is 1. The van der Waals surface area contributed by atoms with Crippen LogP contribution in [0.5, 0.6) is 0 Å². The Kier molecular flexibility index (Phi) is 7.11. The van der Waals surface area contributed by atoms with E-state index in [4.69, 9.17) is 9.47 Å². The minimum absolute atomic E-state index is 0.0590. The first kappa shape index (κ1) is 27.3. The third-order valence-corrected chi connectivity index (χ3v) is 8.08. The molecule has 10 nitrogen and oxygen atoms in total. The molecule has 3 aromatic rings. The summed E-state index contributed by atoms with van der Waals surface area (Å²) >= 11 is 0. The maximum absolute atomic E-state index is 13.5. The van der Waals surface area contributed by atoms with E-state index in [2.05, 4.69) is 0 Å². The highest BCUT2D eigenvalue weighted by Crippen LogP contribution is 2.39. The van der Waals surface area contributed by atoms with Crippen molar-refractivity contribution in [2.75, 3.05) is 7.11 Å². The monoisotopic (exact) mass is 542 g/mol. The van der Waals surface area contributed by atoms with Gasteiger partial charge in [-0.05, 0) is 52.3 Å². The fourth-order valence-corrected chi connectivity index (χ4v) is 5.94. The van der Waals surface area contributed by atoms with Crippen molar-refractivity contribution in [1.82, 2.24) is 8.87 Å². The van der Waals surface area contributed by atoms with Gasteiger partial charge < -0.3 is 14.6 Å². The Labute approximate surface area is 220 Å². The number of aliphatic hydroxyl groups is 1. The van der Waals surface area contributed by atoms with Crippen LogP contribution in [0.1, 0.15) is 44.4 Å². The van der Waals surface area contributed by atoms with E-state index >= 15 is 0 Å². The summed E-state index contributed by atoms with van der Waals surface area (Å²) in [7, 11) is -2.91. The van der Waals surface area contributed by atoms with Gasteiger partial charge in [0.25, 0.3) is 10.0 Å². The third kappa shape index (κ3) is 4.91. The summed E-state index contributed by atoms with van der Waals surface area (Å²) in [4.78, 5) is 39.5. The minimum Gasteiger partial charge on any atom is -0.467 e. The van der Waals surface area contributed by atoms with Crippen LogP contribution >= 0.6 is 0 Å². The van der Waals surface area contributed by atoms with E-state index in [1.54, 1.807) is 57.2 Å². The van der Waals surface area contributed by atoms with Crippen molar-refractivity contribution in [3.63, 3.8) is 0 Å². The summed E-state index contributed by atoms with van der Waals surface area (Å²) in [6.45, 7) is 6.70. The van der Waals surface area contributed by atoms with Gasteiger partial charge in [0.15, 0.2) is 0 Å². The molecule has 0 bridgehead atoms. The Balaban J connectivity index is 1.77. The summed E-state index contributed by atoms with van der Waals surface area (Å²) in [6, 6.07) is 11.6. The molecule has 0 saturated carbocycles. The second-order valence-electron chi connectivity index (χ2n) is 10.2. The number of carbonyl (C=O) groups excluding carboxylic acids is 3. The third-order valence-electron chi connectivity index (χ3n) is 6.39. The van der Waals surface area contributed by atoms with Crippen LogP contribution in [-0.4, -0.2) is 59.1 Å². The quantitative estimate of drug-likeness (QED) is 0.484.